The van der Waals surface area contributed by atoms with Crippen molar-refractivity contribution in [2.45, 2.75) is 52.2 Å². The van der Waals surface area contributed by atoms with E-state index in [-0.39, 0.29) is 5.56 Å². The van der Waals surface area contributed by atoms with Crippen LogP contribution in [-0.2, 0) is 13.6 Å². The molecule has 0 amide bonds. The van der Waals surface area contributed by atoms with Gasteiger partial charge in [-0.2, -0.15) is 4.98 Å². The van der Waals surface area contributed by atoms with Gasteiger partial charge in [0.2, 0.25) is 5.95 Å². The molecular weight excluding hydrogens is 504 g/mol. The van der Waals surface area contributed by atoms with Crippen LogP contribution in [0.1, 0.15) is 38.7 Å². The lowest BCUT2D eigenvalue weighted by Gasteiger charge is -2.35. The summed E-state index contributed by atoms with van der Waals surface area (Å²) in [7, 11) is 3.98. The molecule has 3 aromatic rings. The van der Waals surface area contributed by atoms with Crippen LogP contribution in [-0.4, -0.2) is 74.4 Å². The molecule has 10 nitrogen and oxygen atoms in total. The van der Waals surface area contributed by atoms with Crippen molar-refractivity contribution >= 4 is 34.6 Å². The number of rotatable bonds is 6. The maximum atomic E-state index is 12.4. The Morgan fingerprint density at radius 3 is 2.38 bits per heavy atom. The molecule has 1 aliphatic heterocycles. The standard InChI is InChI=1S/C21H27N7O.C7H12O.C2H5N/c1-5-8-28-20(29)17-14-22-21(24-19(17)26(28)4)23-16-6-7-18(15(2)13-16)27-11-9-25(3)10-12-27;1-2-4-7(8)5-3-6-7;1-2-3/h5-7,13-14H,1,8-12H2,2-4H3,(H,22,23,24);2,4,8H,3,5-6H2,1H3;2-3H,1H3/b;4-2+;. The minimum Gasteiger partial charge on any atom is -0.386 e. The summed E-state index contributed by atoms with van der Waals surface area (Å²) in [5.74, 6) is 0.468. The first kappa shape index (κ1) is 30.8. The molecule has 40 heavy (non-hydrogen) atoms. The average Bonchev–Trinajstić information content (AvgIpc) is 3.14. The summed E-state index contributed by atoms with van der Waals surface area (Å²) in [5.41, 5.74) is 3.49. The van der Waals surface area contributed by atoms with Gasteiger partial charge in [-0.25, -0.2) is 9.67 Å². The summed E-state index contributed by atoms with van der Waals surface area (Å²) in [4.78, 5) is 26.1. The number of anilines is 3. The molecule has 0 spiro atoms. The summed E-state index contributed by atoms with van der Waals surface area (Å²) in [5, 5.41) is 19.2. The van der Waals surface area contributed by atoms with E-state index in [1.54, 1.807) is 28.6 Å². The van der Waals surface area contributed by atoms with Crippen molar-refractivity contribution in [3.63, 3.8) is 0 Å². The molecule has 5 rings (SSSR count). The van der Waals surface area contributed by atoms with Gasteiger partial charge in [0.25, 0.3) is 5.56 Å². The Hall–Kier alpha value is -3.76. The summed E-state index contributed by atoms with van der Waals surface area (Å²) < 4.78 is 3.33. The van der Waals surface area contributed by atoms with E-state index in [9.17, 15) is 9.90 Å². The minimum absolute atomic E-state index is 0.110. The largest absolute Gasteiger partial charge is 0.386 e. The first-order chi connectivity index (χ1) is 19.2. The lowest BCUT2D eigenvalue weighted by molar-refractivity contribution is 0.0141. The normalized spacial score (nSPS) is 16.4. The molecule has 3 heterocycles. The number of aryl methyl sites for hydroxylation is 2. The molecule has 0 unspecified atom stereocenters. The van der Waals surface area contributed by atoms with Crippen molar-refractivity contribution in [3.05, 3.63) is 65.1 Å². The fourth-order valence-corrected chi connectivity index (χ4v) is 4.83. The maximum absolute atomic E-state index is 12.4. The molecule has 0 atom stereocenters. The third kappa shape index (κ3) is 7.45. The second-order valence-corrected chi connectivity index (χ2v) is 10.3. The molecule has 0 radical (unpaired) electrons. The number of benzene rings is 1. The van der Waals surface area contributed by atoms with Crippen LogP contribution in [0.25, 0.3) is 11.0 Å². The average molecular weight is 549 g/mol. The van der Waals surface area contributed by atoms with E-state index < -0.39 is 5.60 Å². The van der Waals surface area contributed by atoms with Crippen LogP contribution in [0.15, 0.2) is 54.0 Å². The van der Waals surface area contributed by atoms with Gasteiger partial charge in [-0.1, -0.05) is 18.2 Å². The third-order valence-electron chi connectivity index (χ3n) is 7.20. The molecule has 0 bridgehead atoms. The summed E-state index contributed by atoms with van der Waals surface area (Å²) in [6.45, 7) is 14.1. The molecule has 10 heteroatoms. The Labute approximate surface area is 237 Å². The molecule has 3 N–H and O–H groups in total. The van der Waals surface area contributed by atoms with Crippen molar-refractivity contribution in [1.82, 2.24) is 24.2 Å². The minimum atomic E-state index is -0.408. The van der Waals surface area contributed by atoms with Crippen molar-refractivity contribution in [2.24, 2.45) is 7.05 Å². The predicted molar refractivity (Wildman–Crippen MR) is 165 cm³/mol. The molecule has 216 valence electrons. The smallest absolute Gasteiger partial charge is 0.278 e. The lowest BCUT2D eigenvalue weighted by atomic mass is 9.80. The molecule has 2 aromatic heterocycles. The SMILES string of the molecule is C/C=C/C1(O)CCC1.C=CCn1c(=O)c2cnc(Nc3ccc(N4CCN(C)CC4)c(C)c3)nc2n1C.CC=N. The highest BCUT2D eigenvalue weighted by atomic mass is 16.3. The second-order valence-electron chi connectivity index (χ2n) is 10.3. The fourth-order valence-electron chi connectivity index (χ4n) is 4.83. The van der Waals surface area contributed by atoms with Gasteiger partial charge in [0.1, 0.15) is 5.39 Å². The lowest BCUT2D eigenvalue weighted by Crippen LogP contribution is -2.44. The molecule has 1 saturated carbocycles. The van der Waals surface area contributed by atoms with Gasteiger partial charge in [-0.05, 0) is 77.1 Å². The Kier molecular flexibility index (Phi) is 10.8. The number of likely N-dealkylation sites (N-methyl/N-ethyl adjacent to an activating group) is 1. The van der Waals surface area contributed by atoms with Gasteiger partial charge in [-0.15, -0.1) is 6.58 Å². The van der Waals surface area contributed by atoms with E-state index in [1.807, 2.05) is 26.1 Å². The number of fused-ring (bicyclic) bond motifs is 1. The quantitative estimate of drug-likeness (QED) is 0.312. The molecule has 1 aromatic carbocycles. The zero-order chi connectivity index (χ0) is 29.3. The van der Waals surface area contributed by atoms with Crippen LogP contribution in [0.3, 0.4) is 0 Å². The molecule has 2 aliphatic rings. The predicted octanol–water partition coefficient (Wildman–Crippen LogP) is 4.25. The Morgan fingerprint density at radius 1 is 1.18 bits per heavy atom. The zero-order valence-electron chi connectivity index (χ0n) is 24.5. The van der Waals surface area contributed by atoms with Crippen LogP contribution in [0, 0.1) is 12.3 Å². The highest BCUT2D eigenvalue weighted by Gasteiger charge is 2.30. The van der Waals surface area contributed by atoms with E-state index in [4.69, 9.17) is 5.41 Å². The van der Waals surface area contributed by atoms with Crippen LogP contribution in [0.2, 0.25) is 0 Å². The number of nitrogens with one attached hydrogen (secondary N) is 2. The first-order valence-corrected chi connectivity index (χ1v) is 13.8. The maximum Gasteiger partial charge on any atom is 0.278 e. The van der Waals surface area contributed by atoms with Crippen molar-refractivity contribution < 1.29 is 5.11 Å². The van der Waals surface area contributed by atoms with Crippen LogP contribution in [0.5, 0.6) is 0 Å². The third-order valence-corrected chi connectivity index (χ3v) is 7.20. The number of aliphatic hydroxyl groups is 1. The van der Waals surface area contributed by atoms with E-state index in [1.165, 1.54) is 23.9 Å². The summed E-state index contributed by atoms with van der Waals surface area (Å²) >= 11 is 0. The number of piperazine rings is 1. The van der Waals surface area contributed by atoms with Crippen LogP contribution >= 0.6 is 0 Å². The van der Waals surface area contributed by atoms with Gasteiger partial charge in [-0.3, -0.25) is 9.48 Å². The summed E-state index contributed by atoms with van der Waals surface area (Å²) in [6.07, 6.45) is 11.4. The Morgan fingerprint density at radius 2 is 1.85 bits per heavy atom. The number of aromatic nitrogens is 4. The number of hydrogen-bond acceptors (Lipinski definition) is 8. The van der Waals surface area contributed by atoms with E-state index in [0.29, 0.717) is 23.5 Å². The topological polar surface area (TPSA) is 115 Å². The molecular formula is C30H44N8O2. The highest BCUT2D eigenvalue weighted by Crippen LogP contribution is 2.32. The summed E-state index contributed by atoms with van der Waals surface area (Å²) in [6, 6.07) is 6.32. The molecule has 1 aliphatic carbocycles. The first-order valence-electron chi connectivity index (χ1n) is 13.8. The van der Waals surface area contributed by atoms with Gasteiger partial charge in [0, 0.05) is 50.8 Å². The van der Waals surface area contributed by atoms with Crippen LogP contribution in [0.4, 0.5) is 17.3 Å². The van der Waals surface area contributed by atoms with E-state index in [0.717, 1.165) is 44.7 Å². The van der Waals surface area contributed by atoms with E-state index in [2.05, 4.69) is 63.8 Å². The van der Waals surface area contributed by atoms with Gasteiger partial charge >= 0.3 is 0 Å². The molecule has 2 fully saturated rings. The zero-order valence-corrected chi connectivity index (χ0v) is 24.5. The number of hydrogen-bond donors (Lipinski definition) is 3. The van der Waals surface area contributed by atoms with Crippen LogP contribution < -0.4 is 15.8 Å². The number of nitrogens with zero attached hydrogens (tertiary/aromatic N) is 6. The fraction of sp³-hybridized carbons (Fsp3) is 0.467. The Bertz CT molecular complexity index is 1380. The van der Waals surface area contributed by atoms with Crippen molar-refractivity contribution in [2.75, 3.05) is 43.4 Å². The van der Waals surface area contributed by atoms with Crippen molar-refractivity contribution in [3.8, 4) is 0 Å². The Balaban J connectivity index is 0.000000337. The van der Waals surface area contributed by atoms with Gasteiger partial charge in [0.15, 0.2) is 5.65 Å². The van der Waals surface area contributed by atoms with Gasteiger partial charge < -0.3 is 25.6 Å². The van der Waals surface area contributed by atoms with Crippen molar-refractivity contribution in [1.29, 1.82) is 5.41 Å². The van der Waals surface area contributed by atoms with Gasteiger partial charge in [0.05, 0.1) is 12.1 Å². The molecule has 1 saturated heterocycles. The number of allylic oxidation sites excluding steroid dienone is 2. The van der Waals surface area contributed by atoms with E-state index >= 15 is 0 Å². The second kappa shape index (κ2) is 14.0. The highest BCUT2D eigenvalue weighted by molar-refractivity contribution is 5.75. The monoisotopic (exact) mass is 548 g/mol.